The molecular weight excluding hydrogens is 567 g/mol. The van der Waals surface area contributed by atoms with Crippen LogP contribution in [0.3, 0.4) is 0 Å². The zero-order valence-electron chi connectivity index (χ0n) is 22.8. The van der Waals surface area contributed by atoms with E-state index in [1.807, 2.05) is 30.3 Å². The number of nitrogens with zero attached hydrogens (tertiary/aromatic N) is 2. The monoisotopic (exact) mass is 595 g/mol. The van der Waals surface area contributed by atoms with E-state index in [-0.39, 0.29) is 34.8 Å². The highest BCUT2D eigenvalue weighted by atomic mass is 32.2. The highest BCUT2D eigenvalue weighted by Crippen LogP contribution is 2.29. The van der Waals surface area contributed by atoms with E-state index in [0.717, 1.165) is 17.7 Å². The Hall–Kier alpha value is -4.48. The smallest absolute Gasteiger partial charge is 0.416 e. The second-order valence-electron chi connectivity index (χ2n) is 9.35. The molecule has 0 saturated heterocycles. The number of hydrogen-bond donors (Lipinski definition) is 1. The Kier molecular flexibility index (Phi) is 9.44. The standard InChI is InChI=1S/C31H28F3N3O4S/c1-22(26-9-6-10-27(19-26)31(32,33)34)35-36-30(38)25-13-11-24(12-14-25)21-37(20-23-7-4-3-5-8-23)42(39,40)29-17-15-28(41-2)16-18-29/h3-19H,20-21H2,1-2H3,(H,36,38). The van der Waals surface area contributed by atoms with E-state index in [9.17, 15) is 26.4 Å². The van der Waals surface area contributed by atoms with E-state index in [0.29, 0.717) is 11.3 Å². The summed E-state index contributed by atoms with van der Waals surface area (Å²) in [5, 5.41) is 3.94. The van der Waals surface area contributed by atoms with Crippen molar-refractivity contribution < 1.29 is 31.1 Å². The fourth-order valence-electron chi connectivity index (χ4n) is 4.06. The summed E-state index contributed by atoms with van der Waals surface area (Å²) >= 11 is 0. The number of sulfonamides is 1. The molecule has 4 aromatic rings. The first kappa shape index (κ1) is 30.5. The molecule has 0 aliphatic heterocycles. The second kappa shape index (κ2) is 13.0. The summed E-state index contributed by atoms with van der Waals surface area (Å²) < 4.78 is 72.7. The number of amides is 1. The largest absolute Gasteiger partial charge is 0.497 e. The predicted octanol–water partition coefficient (Wildman–Crippen LogP) is 6.26. The number of alkyl halides is 3. The molecule has 1 amide bonds. The van der Waals surface area contributed by atoms with Crippen molar-refractivity contribution in [1.29, 1.82) is 0 Å². The fraction of sp³-hybridized carbons (Fsp3) is 0.161. The van der Waals surface area contributed by atoms with Crippen LogP contribution in [0.2, 0.25) is 0 Å². The van der Waals surface area contributed by atoms with Crippen LogP contribution in [0, 0.1) is 0 Å². The minimum absolute atomic E-state index is 0.0396. The maximum Gasteiger partial charge on any atom is 0.416 e. The van der Waals surface area contributed by atoms with Crippen molar-refractivity contribution in [3.05, 3.63) is 131 Å². The molecule has 0 aliphatic carbocycles. The average molecular weight is 596 g/mol. The van der Waals surface area contributed by atoms with Gasteiger partial charge in [0.15, 0.2) is 0 Å². The van der Waals surface area contributed by atoms with Crippen molar-refractivity contribution in [2.45, 2.75) is 31.1 Å². The van der Waals surface area contributed by atoms with Gasteiger partial charge in [0.2, 0.25) is 10.0 Å². The highest BCUT2D eigenvalue weighted by molar-refractivity contribution is 7.89. The summed E-state index contributed by atoms with van der Waals surface area (Å²) in [5.41, 5.74) is 3.65. The van der Waals surface area contributed by atoms with Crippen LogP contribution in [0.1, 0.15) is 39.5 Å². The summed E-state index contributed by atoms with van der Waals surface area (Å²) in [6, 6.07) is 26.3. The number of carbonyl (C=O) groups is 1. The number of hydrogen-bond acceptors (Lipinski definition) is 5. The molecule has 4 aromatic carbocycles. The van der Waals surface area contributed by atoms with Crippen LogP contribution in [-0.2, 0) is 29.3 Å². The van der Waals surface area contributed by atoms with Crippen LogP contribution in [0.15, 0.2) is 113 Å². The maximum atomic E-state index is 13.6. The summed E-state index contributed by atoms with van der Waals surface area (Å²) in [6.07, 6.45) is -4.49. The number of halogens is 3. The normalized spacial score (nSPS) is 12.3. The summed E-state index contributed by atoms with van der Waals surface area (Å²) in [5.74, 6) is -0.0355. The van der Waals surface area contributed by atoms with Gasteiger partial charge >= 0.3 is 6.18 Å². The number of benzene rings is 4. The molecular formula is C31H28F3N3O4S. The zero-order chi connectivity index (χ0) is 30.3. The molecule has 1 N–H and O–H groups in total. The van der Waals surface area contributed by atoms with Crippen LogP contribution in [0.25, 0.3) is 0 Å². The first-order valence-corrected chi connectivity index (χ1v) is 14.2. The topological polar surface area (TPSA) is 88.1 Å². The van der Waals surface area contributed by atoms with Gasteiger partial charge in [-0.25, -0.2) is 13.8 Å². The summed E-state index contributed by atoms with van der Waals surface area (Å²) in [6.45, 7) is 1.66. The van der Waals surface area contributed by atoms with Crippen molar-refractivity contribution in [2.24, 2.45) is 5.10 Å². The third-order valence-corrected chi connectivity index (χ3v) is 8.21. The molecule has 0 saturated carbocycles. The maximum absolute atomic E-state index is 13.6. The first-order valence-electron chi connectivity index (χ1n) is 12.8. The van der Waals surface area contributed by atoms with Gasteiger partial charge in [-0.05, 0) is 72.1 Å². The number of hydrazone groups is 1. The van der Waals surface area contributed by atoms with Gasteiger partial charge in [-0.3, -0.25) is 4.79 Å². The van der Waals surface area contributed by atoms with Gasteiger partial charge in [0.25, 0.3) is 5.91 Å². The lowest BCUT2D eigenvalue weighted by Crippen LogP contribution is -2.30. The number of methoxy groups -OCH3 is 1. The van der Waals surface area contributed by atoms with Crippen molar-refractivity contribution >= 4 is 21.6 Å². The molecule has 0 fully saturated rings. The Balaban J connectivity index is 1.50. The Labute approximate surface area is 242 Å². The van der Waals surface area contributed by atoms with Crippen molar-refractivity contribution in [3.63, 3.8) is 0 Å². The Morgan fingerprint density at radius 1 is 0.833 bits per heavy atom. The Morgan fingerprint density at radius 2 is 1.45 bits per heavy atom. The van der Waals surface area contributed by atoms with E-state index in [2.05, 4.69) is 10.5 Å². The molecule has 0 radical (unpaired) electrons. The predicted molar refractivity (Wildman–Crippen MR) is 153 cm³/mol. The van der Waals surface area contributed by atoms with Crippen LogP contribution >= 0.6 is 0 Å². The van der Waals surface area contributed by atoms with E-state index in [1.165, 1.54) is 54.7 Å². The van der Waals surface area contributed by atoms with Crippen LogP contribution in [-0.4, -0.2) is 31.5 Å². The van der Waals surface area contributed by atoms with Gasteiger partial charge < -0.3 is 4.74 Å². The van der Waals surface area contributed by atoms with Gasteiger partial charge in [-0.15, -0.1) is 0 Å². The quantitative estimate of drug-likeness (QED) is 0.173. The summed E-state index contributed by atoms with van der Waals surface area (Å²) in [7, 11) is -2.40. The number of carbonyl (C=O) groups excluding carboxylic acids is 1. The SMILES string of the molecule is COc1ccc(S(=O)(=O)N(Cc2ccccc2)Cc2ccc(C(=O)NN=C(C)c3cccc(C(F)(F)F)c3)cc2)cc1. The zero-order valence-corrected chi connectivity index (χ0v) is 23.6. The number of ether oxygens (including phenoxy) is 1. The van der Waals surface area contributed by atoms with Gasteiger partial charge in [0, 0.05) is 18.7 Å². The molecule has 0 aliphatic rings. The van der Waals surface area contributed by atoms with Gasteiger partial charge in [0.1, 0.15) is 5.75 Å². The molecule has 42 heavy (non-hydrogen) atoms. The molecule has 0 aromatic heterocycles. The lowest BCUT2D eigenvalue weighted by atomic mass is 10.1. The lowest BCUT2D eigenvalue weighted by molar-refractivity contribution is -0.137. The molecule has 0 atom stereocenters. The molecule has 0 heterocycles. The molecule has 0 spiro atoms. The Bertz CT molecular complexity index is 1660. The highest BCUT2D eigenvalue weighted by Gasteiger charge is 2.30. The average Bonchev–Trinajstić information content (AvgIpc) is 3.00. The van der Waals surface area contributed by atoms with E-state index < -0.39 is 27.7 Å². The minimum atomic E-state index is -4.49. The summed E-state index contributed by atoms with van der Waals surface area (Å²) in [4.78, 5) is 12.8. The lowest BCUT2D eigenvalue weighted by Gasteiger charge is -2.23. The third kappa shape index (κ3) is 7.62. The van der Waals surface area contributed by atoms with Crippen molar-refractivity contribution in [3.8, 4) is 5.75 Å². The fourth-order valence-corrected chi connectivity index (χ4v) is 5.48. The van der Waals surface area contributed by atoms with Crippen LogP contribution in [0.4, 0.5) is 13.2 Å². The second-order valence-corrected chi connectivity index (χ2v) is 11.3. The molecule has 11 heteroatoms. The van der Waals surface area contributed by atoms with Crippen LogP contribution in [0.5, 0.6) is 5.75 Å². The molecule has 0 bridgehead atoms. The molecule has 218 valence electrons. The van der Waals surface area contributed by atoms with Gasteiger partial charge in [-0.1, -0.05) is 54.6 Å². The van der Waals surface area contributed by atoms with Gasteiger partial charge in [0.05, 0.1) is 23.3 Å². The van der Waals surface area contributed by atoms with Crippen LogP contribution < -0.4 is 10.2 Å². The third-order valence-electron chi connectivity index (χ3n) is 6.41. The number of nitrogens with one attached hydrogen (secondary N) is 1. The molecule has 4 rings (SSSR count). The minimum Gasteiger partial charge on any atom is -0.497 e. The Morgan fingerprint density at radius 3 is 2.05 bits per heavy atom. The van der Waals surface area contributed by atoms with E-state index in [4.69, 9.17) is 4.74 Å². The van der Waals surface area contributed by atoms with E-state index in [1.54, 1.807) is 24.3 Å². The number of rotatable bonds is 10. The van der Waals surface area contributed by atoms with Gasteiger partial charge in [-0.2, -0.15) is 22.6 Å². The van der Waals surface area contributed by atoms with Crippen molar-refractivity contribution in [2.75, 3.05) is 7.11 Å². The first-order chi connectivity index (χ1) is 20.0. The van der Waals surface area contributed by atoms with E-state index >= 15 is 0 Å². The van der Waals surface area contributed by atoms with Crippen molar-refractivity contribution in [1.82, 2.24) is 9.73 Å². The molecule has 0 unspecified atom stereocenters. The molecule has 7 nitrogen and oxygen atoms in total.